The number of rotatable bonds is 5. The summed E-state index contributed by atoms with van der Waals surface area (Å²) in [4.78, 5) is 31.9. The van der Waals surface area contributed by atoms with Gasteiger partial charge in [0.25, 0.3) is 0 Å². The monoisotopic (exact) mass is 429 g/mol. The number of aliphatic hydroxyl groups is 1. The highest BCUT2D eigenvalue weighted by molar-refractivity contribution is 6.30. The van der Waals surface area contributed by atoms with Crippen LogP contribution in [-0.4, -0.2) is 38.8 Å². The van der Waals surface area contributed by atoms with Crippen molar-refractivity contribution in [3.63, 3.8) is 0 Å². The van der Waals surface area contributed by atoms with E-state index in [-0.39, 0.29) is 11.5 Å². The van der Waals surface area contributed by atoms with Gasteiger partial charge in [0, 0.05) is 30.2 Å². The van der Waals surface area contributed by atoms with Crippen LogP contribution < -0.4 is 5.69 Å². The number of carbonyl (C=O) groups is 1. The van der Waals surface area contributed by atoms with Gasteiger partial charge < -0.3 is 15.1 Å². The van der Waals surface area contributed by atoms with E-state index in [4.69, 9.17) is 11.6 Å². The third-order valence-corrected chi connectivity index (χ3v) is 5.84. The number of hydrogen-bond donors (Lipinski definition) is 3. The van der Waals surface area contributed by atoms with E-state index in [9.17, 15) is 19.1 Å². The Labute approximate surface area is 177 Å². The Hall–Kier alpha value is -2.74. The van der Waals surface area contributed by atoms with Gasteiger partial charge >= 0.3 is 5.69 Å². The number of ketones is 1. The fourth-order valence-electron chi connectivity index (χ4n) is 3.83. The summed E-state index contributed by atoms with van der Waals surface area (Å²) in [7, 11) is 0. The molecular formula is C22H21ClFN3O3. The Kier molecular flexibility index (Phi) is 5.60. The second-order valence-corrected chi connectivity index (χ2v) is 8.02. The highest BCUT2D eigenvalue weighted by Gasteiger charge is 2.34. The first-order valence-electron chi connectivity index (χ1n) is 9.66. The molecule has 4 rings (SSSR count). The number of hydrogen-bond acceptors (Lipinski definition) is 4. The van der Waals surface area contributed by atoms with E-state index in [1.54, 1.807) is 12.1 Å². The Bertz CT molecular complexity index is 1100. The van der Waals surface area contributed by atoms with Gasteiger partial charge in [0.05, 0.1) is 11.3 Å². The minimum atomic E-state index is -0.931. The molecule has 2 heterocycles. The van der Waals surface area contributed by atoms with E-state index in [0.717, 1.165) is 5.56 Å². The molecule has 1 aliphatic heterocycles. The topological polar surface area (TPSA) is 89.2 Å². The number of nitrogens with zero attached hydrogens (tertiary/aromatic N) is 1. The number of nitrogens with one attached hydrogen (secondary N) is 2. The van der Waals surface area contributed by atoms with Crippen LogP contribution in [0.1, 0.15) is 40.2 Å². The maximum Gasteiger partial charge on any atom is 0.323 e. The largest absolute Gasteiger partial charge is 0.385 e. The fourth-order valence-corrected chi connectivity index (χ4v) is 3.96. The van der Waals surface area contributed by atoms with Gasteiger partial charge in [-0.3, -0.25) is 9.69 Å². The van der Waals surface area contributed by atoms with Crippen molar-refractivity contribution in [2.75, 3.05) is 13.1 Å². The van der Waals surface area contributed by atoms with Gasteiger partial charge in [0.2, 0.25) is 5.78 Å². The van der Waals surface area contributed by atoms with E-state index in [1.807, 2.05) is 12.1 Å². The summed E-state index contributed by atoms with van der Waals surface area (Å²) in [6.45, 7) is 1.55. The van der Waals surface area contributed by atoms with Crippen molar-refractivity contribution >= 4 is 17.4 Å². The van der Waals surface area contributed by atoms with E-state index < -0.39 is 17.1 Å². The average Bonchev–Trinajstić information content (AvgIpc) is 3.10. The number of H-pyrrole nitrogens is 2. The van der Waals surface area contributed by atoms with Crippen molar-refractivity contribution in [1.82, 2.24) is 14.9 Å². The highest BCUT2D eigenvalue weighted by atomic mass is 35.5. The standard InChI is InChI=1S/C22H21ClFN3O3/c23-16-5-3-15(4-6-16)22(30)9-11-27(12-10-22)13-18-19(26-21(29)25-18)20(28)14-1-7-17(24)8-2-14/h1-8,30H,9-13H2,(H2,25,26,29). The van der Waals surface area contributed by atoms with E-state index in [1.165, 1.54) is 24.3 Å². The minimum absolute atomic E-state index is 0.171. The van der Waals surface area contributed by atoms with Gasteiger partial charge in [0.1, 0.15) is 11.5 Å². The van der Waals surface area contributed by atoms with E-state index in [0.29, 0.717) is 48.8 Å². The van der Waals surface area contributed by atoms with Gasteiger partial charge in [-0.25, -0.2) is 9.18 Å². The molecule has 0 saturated carbocycles. The lowest BCUT2D eigenvalue weighted by atomic mass is 9.84. The van der Waals surface area contributed by atoms with E-state index >= 15 is 0 Å². The Balaban J connectivity index is 1.47. The molecule has 2 aromatic carbocycles. The van der Waals surface area contributed by atoms with Crippen LogP contribution in [0.5, 0.6) is 0 Å². The molecule has 6 nitrogen and oxygen atoms in total. The Morgan fingerprint density at radius 3 is 2.33 bits per heavy atom. The van der Waals surface area contributed by atoms with Crippen LogP contribution >= 0.6 is 11.6 Å². The van der Waals surface area contributed by atoms with E-state index in [2.05, 4.69) is 14.9 Å². The average molecular weight is 430 g/mol. The normalized spacial score (nSPS) is 16.5. The number of aromatic nitrogens is 2. The molecule has 8 heteroatoms. The zero-order valence-electron chi connectivity index (χ0n) is 16.1. The highest BCUT2D eigenvalue weighted by Crippen LogP contribution is 2.33. The van der Waals surface area contributed by atoms with Crippen molar-refractivity contribution in [2.45, 2.75) is 25.0 Å². The van der Waals surface area contributed by atoms with Crippen molar-refractivity contribution in [3.05, 3.63) is 92.4 Å². The quantitative estimate of drug-likeness (QED) is 0.543. The zero-order chi connectivity index (χ0) is 21.3. The predicted octanol–water partition coefficient (Wildman–Crippen LogP) is 3.21. The van der Waals surface area contributed by atoms with Gasteiger partial charge in [-0.2, -0.15) is 0 Å². The molecule has 0 amide bonds. The molecule has 0 aliphatic carbocycles. The Morgan fingerprint density at radius 2 is 1.70 bits per heavy atom. The molecule has 0 atom stereocenters. The van der Waals surface area contributed by atoms with Crippen LogP contribution in [0.2, 0.25) is 5.02 Å². The number of halogens is 2. The minimum Gasteiger partial charge on any atom is -0.385 e. The van der Waals surface area contributed by atoms with Crippen LogP contribution in [0, 0.1) is 5.82 Å². The molecule has 1 aromatic heterocycles. The van der Waals surface area contributed by atoms with Gasteiger partial charge in [-0.05, 0) is 54.8 Å². The first kappa shape index (κ1) is 20.5. The van der Waals surface area contributed by atoms with Gasteiger partial charge in [-0.1, -0.05) is 23.7 Å². The number of benzene rings is 2. The molecule has 1 saturated heterocycles. The summed E-state index contributed by atoms with van der Waals surface area (Å²) in [5, 5.41) is 11.6. The van der Waals surface area contributed by atoms with Crippen LogP contribution in [0.4, 0.5) is 4.39 Å². The van der Waals surface area contributed by atoms with Crippen LogP contribution in [0.3, 0.4) is 0 Å². The smallest absolute Gasteiger partial charge is 0.323 e. The fraction of sp³-hybridized carbons (Fsp3) is 0.273. The van der Waals surface area contributed by atoms with Gasteiger partial charge in [-0.15, -0.1) is 0 Å². The lowest BCUT2D eigenvalue weighted by Gasteiger charge is -2.38. The molecule has 0 bridgehead atoms. The maximum absolute atomic E-state index is 13.1. The molecule has 156 valence electrons. The number of aromatic amines is 2. The Morgan fingerprint density at radius 1 is 1.07 bits per heavy atom. The molecule has 0 spiro atoms. The first-order valence-corrected chi connectivity index (χ1v) is 10.0. The summed E-state index contributed by atoms with van der Waals surface area (Å²) in [6, 6.07) is 12.4. The molecule has 1 aliphatic rings. The van der Waals surface area contributed by atoms with Crippen molar-refractivity contribution in [1.29, 1.82) is 0 Å². The summed E-state index contributed by atoms with van der Waals surface area (Å²) in [5.41, 5.74) is 0.373. The second-order valence-electron chi connectivity index (χ2n) is 7.58. The van der Waals surface area contributed by atoms with Crippen LogP contribution in [0.15, 0.2) is 53.3 Å². The molecule has 1 fully saturated rings. The summed E-state index contributed by atoms with van der Waals surface area (Å²) in [6.07, 6.45) is 1.04. The third-order valence-electron chi connectivity index (χ3n) is 5.58. The van der Waals surface area contributed by atoms with Gasteiger partial charge in [0.15, 0.2) is 0 Å². The molecule has 3 N–H and O–H groups in total. The lowest BCUT2D eigenvalue weighted by Crippen LogP contribution is -2.42. The summed E-state index contributed by atoms with van der Waals surface area (Å²) in [5.74, 6) is -0.811. The zero-order valence-corrected chi connectivity index (χ0v) is 16.9. The molecule has 0 unspecified atom stereocenters. The van der Waals surface area contributed by atoms with Crippen LogP contribution in [0.25, 0.3) is 0 Å². The number of imidazole rings is 1. The SMILES string of the molecule is O=C(c1ccc(F)cc1)c1[nH]c(=O)[nH]c1CN1CCC(O)(c2ccc(Cl)cc2)CC1. The lowest BCUT2D eigenvalue weighted by molar-refractivity contribution is -0.0280. The maximum atomic E-state index is 13.1. The summed E-state index contributed by atoms with van der Waals surface area (Å²) >= 11 is 5.94. The first-order chi connectivity index (χ1) is 14.3. The van der Waals surface area contributed by atoms with Crippen LogP contribution in [-0.2, 0) is 12.1 Å². The molecule has 30 heavy (non-hydrogen) atoms. The molecule has 0 radical (unpaired) electrons. The van der Waals surface area contributed by atoms with Crippen molar-refractivity contribution < 1.29 is 14.3 Å². The molecule has 3 aromatic rings. The molecular weight excluding hydrogens is 409 g/mol. The predicted molar refractivity (Wildman–Crippen MR) is 111 cm³/mol. The number of piperidine rings is 1. The van der Waals surface area contributed by atoms with Crippen molar-refractivity contribution in [2.24, 2.45) is 0 Å². The second kappa shape index (κ2) is 8.18. The van der Waals surface area contributed by atoms with Crippen molar-refractivity contribution in [3.8, 4) is 0 Å². The number of likely N-dealkylation sites (tertiary alicyclic amines) is 1. The third kappa shape index (κ3) is 4.23. The number of carbonyl (C=O) groups excluding carboxylic acids is 1. The summed E-state index contributed by atoms with van der Waals surface area (Å²) < 4.78 is 13.1.